The number of furan rings is 1. The SMILES string of the molecule is COc1ccc(/C(O)=C2/C(=O)C(=O)N(Cc3cccnc3)C2c2ccc(C)o2)cc1OC. The van der Waals surface area contributed by atoms with E-state index in [1.807, 2.05) is 6.07 Å². The summed E-state index contributed by atoms with van der Waals surface area (Å²) in [4.78, 5) is 31.5. The van der Waals surface area contributed by atoms with E-state index in [1.54, 1.807) is 55.7 Å². The highest BCUT2D eigenvalue weighted by Crippen LogP contribution is 2.41. The zero-order valence-corrected chi connectivity index (χ0v) is 17.9. The number of ether oxygens (including phenoxy) is 2. The van der Waals surface area contributed by atoms with Gasteiger partial charge in [-0.25, -0.2) is 0 Å². The maximum Gasteiger partial charge on any atom is 0.296 e. The largest absolute Gasteiger partial charge is 0.507 e. The minimum atomic E-state index is -0.892. The zero-order chi connectivity index (χ0) is 22.8. The van der Waals surface area contributed by atoms with Gasteiger partial charge in [-0.2, -0.15) is 0 Å². The number of ketones is 1. The fourth-order valence-corrected chi connectivity index (χ4v) is 3.77. The van der Waals surface area contributed by atoms with E-state index in [4.69, 9.17) is 13.9 Å². The maximum atomic E-state index is 13.1. The molecule has 3 aromatic rings. The molecule has 164 valence electrons. The number of amides is 1. The molecule has 4 rings (SSSR count). The van der Waals surface area contributed by atoms with Crippen LogP contribution in [0.2, 0.25) is 0 Å². The van der Waals surface area contributed by atoms with Gasteiger partial charge in [-0.05, 0) is 48.9 Å². The molecule has 1 aromatic carbocycles. The van der Waals surface area contributed by atoms with Crippen LogP contribution in [0.4, 0.5) is 0 Å². The Morgan fingerprint density at radius 3 is 2.53 bits per heavy atom. The van der Waals surface area contributed by atoms with Crippen LogP contribution in [0.15, 0.2) is 64.8 Å². The van der Waals surface area contributed by atoms with E-state index in [2.05, 4.69) is 4.98 Å². The molecular formula is C24H22N2O6. The van der Waals surface area contributed by atoms with Gasteiger partial charge in [-0.15, -0.1) is 0 Å². The number of rotatable bonds is 6. The van der Waals surface area contributed by atoms with Crippen molar-refractivity contribution in [1.82, 2.24) is 9.88 Å². The van der Waals surface area contributed by atoms with Crippen LogP contribution in [0.3, 0.4) is 0 Å². The summed E-state index contributed by atoms with van der Waals surface area (Å²) >= 11 is 0. The standard InChI is InChI=1S/C24H22N2O6/c1-14-6-8-18(32-14)21-20(22(27)16-7-9-17(30-2)19(11-16)31-3)23(28)24(29)26(21)13-15-5-4-10-25-12-15/h4-12,21,27H,13H2,1-3H3/b22-20-. The Morgan fingerprint density at radius 1 is 1.12 bits per heavy atom. The average molecular weight is 434 g/mol. The van der Waals surface area contributed by atoms with Gasteiger partial charge >= 0.3 is 0 Å². The number of aryl methyl sites for hydroxylation is 1. The zero-order valence-electron chi connectivity index (χ0n) is 17.9. The molecule has 1 saturated heterocycles. The monoisotopic (exact) mass is 434 g/mol. The van der Waals surface area contributed by atoms with Crippen molar-refractivity contribution >= 4 is 17.4 Å². The summed E-state index contributed by atoms with van der Waals surface area (Å²) in [5.41, 5.74) is 1.00. The number of carbonyl (C=O) groups is 2. The van der Waals surface area contributed by atoms with Crippen molar-refractivity contribution in [3.8, 4) is 11.5 Å². The third-order valence-electron chi connectivity index (χ3n) is 5.30. The molecule has 0 spiro atoms. The van der Waals surface area contributed by atoms with Gasteiger partial charge in [-0.3, -0.25) is 14.6 Å². The number of aromatic nitrogens is 1. The van der Waals surface area contributed by atoms with Crippen LogP contribution in [0, 0.1) is 6.92 Å². The van der Waals surface area contributed by atoms with Crippen molar-refractivity contribution in [2.24, 2.45) is 0 Å². The van der Waals surface area contributed by atoms with Crippen LogP contribution in [-0.4, -0.2) is 40.9 Å². The van der Waals surface area contributed by atoms with E-state index < -0.39 is 17.7 Å². The number of benzene rings is 1. The molecule has 1 N–H and O–H groups in total. The van der Waals surface area contributed by atoms with E-state index >= 15 is 0 Å². The maximum absolute atomic E-state index is 13.1. The lowest BCUT2D eigenvalue weighted by Gasteiger charge is -2.23. The van der Waals surface area contributed by atoms with Crippen molar-refractivity contribution in [3.63, 3.8) is 0 Å². The van der Waals surface area contributed by atoms with Gasteiger partial charge in [0, 0.05) is 24.5 Å². The number of hydrogen-bond acceptors (Lipinski definition) is 7. The molecule has 8 heteroatoms. The number of aliphatic hydroxyl groups is 1. The first-order valence-electron chi connectivity index (χ1n) is 9.90. The first-order chi connectivity index (χ1) is 15.4. The molecule has 0 radical (unpaired) electrons. The summed E-state index contributed by atoms with van der Waals surface area (Å²) < 4.78 is 16.3. The Kier molecular flexibility index (Phi) is 5.68. The van der Waals surface area contributed by atoms with Crippen LogP contribution in [0.5, 0.6) is 11.5 Å². The summed E-state index contributed by atoms with van der Waals surface area (Å²) in [6, 6.07) is 10.9. The number of pyridine rings is 1. The number of nitrogens with zero attached hydrogens (tertiary/aromatic N) is 2. The summed E-state index contributed by atoms with van der Waals surface area (Å²) in [6.07, 6.45) is 3.25. The first-order valence-corrected chi connectivity index (χ1v) is 9.90. The second kappa shape index (κ2) is 8.58. The van der Waals surface area contributed by atoms with Crippen LogP contribution in [-0.2, 0) is 16.1 Å². The summed E-state index contributed by atoms with van der Waals surface area (Å²) in [5.74, 6) is 0.0173. The van der Waals surface area contributed by atoms with Crippen LogP contribution in [0.1, 0.15) is 28.7 Å². The second-order valence-electron chi connectivity index (χ2n) is 7.31. The molecule has 1 aliphatic heterocycles. The van der Waals surface area contributed by atoms with Crippen LogP contribution in [0.25, 0.3) is 5.76 Å². The van der Waals surface area contributed by atoms with Crippen molar-refractivity contribution in [1.29, 1.82) is 0 Å². The molecule has 0 saturated carbocycles. The molecule has 0 bridgehead atoms. The number of methoxy groups -OCH3 is 2. The normalized spacial score (nSPS) is 17.6. The second-order valence-corrected chi connectivity index (χ2v) is 7.31. The van der Waals surface area contributed by atoms with Crippen molar-refractivity contribution in [2.75, 3.05) is 14.2 Å². The lowest BCUT2D eigenvalue weighted by molar-refractivity contribution is -0.140. The first kappa shape index (κ1) is 21.2. The van der Waals surface area contributed by atoms with Crippen molar-refractivity contribution < 1.29 is 28.6 Å². The molecule has 1 fully saturated rings. The molecule has 1 atom stereocenters. The van der Waals surface area contributed by atoms with Crippen LogP contribution < -0.4 is 9.47 Å². The third-order valence-corrected chi connectivity index (χ3v) is 5.30. The molecule has 1 amide bonds. The molecular weight excluding hydrogens is 412 g/mol. The van der Waals surface area contributed by atoms with Gasteiger partial charge in [0.15, 0.2) is 11.5 Å². The van der Waals surface area contributed by atoms with Gasteiger partial charge in [0.25, 0.3) is 11.7 Å². The smallest absolute Gasteiger partial charge is 0.296 e. The average Bonchev–Trinajstić information content (AvgIpc) is 3.35. The molecule has 3 heterocycles. The quantitative estimate of drug-likeness (QED) is 0.359. The lowest BCUT2D eigenvalue weighted by atomic mass is 9.99. The predicted octanol–water partition coefficient (Wildman–Crippen LogP) is 3.62. The van der Waals surface area contributed by atoms with Gasteiger partial charge in [0.2, 0.25) is 0 Å². The Hall–Kier alpha value is -4.07. The highest BCUT2D eigenvalue weighted by molar-refractivity contribution is 6.46. The number of aliphatic hydroxyl groups excluding tert-OH is 1. The minimum absolute atomic E-state index is 0.0551. The molecule has 8 nitrogen and oxygen atoms in total. The van der Waals surface area contributed by atoms with Crippen molar-refractivity contribution in [2.45, 2.75) is 19.5 Å². The van der Waals surface area contributed by atoms with Crippen LogP contribution >= 0.6 is 0 Å². The Morgan fingerprint density at radius 2 is 1.91 bits per heavy atom. The van der Waals surface area contributed by atoms with Crippen molar-refractivity contribution in [3.05, 3.63) is 83.1 Å². The molecule has 2 aromatic heterocycles. The topological polar surface area (TPSA) is 102 Å². The summed E-state index contributed by atoms with van der Waals surface area (Å²) in [7, 11) is 2.97. The van der Waals surface area contributed by atoms with E-state index in [0.29, 0.717) is 28.6 Å². The predicted molar refractivity (Wildman–Crippen MR) is 115 cm³/mol. The molecule has 0 aliphatic carbocycles. The number of Topliss-reactive ketones (excluding diaryl/α,β-unsaturated/α-hetero) is 1. The van der Waals surface area contributed by atoms with E-state index in [0.717, 1.165) is 5.56 Å². The fourth-order valence-electron chi connectivity index (χ4n) is 3.77. The number of hydrogen-bond donors (Lipinski definition) is 1. The number of carbonyl (C=O) groups excluding carboxylic acids is 2. The summed E-state index contributed by atoms with van der Waals surface area (Å²) in [5, 5.41) is 11.1. The van der Waals surface area contributed by atoms with Gasteiger partial charge in [-0.1, -0.05) is 6.07 Å². The molecule has 1 aliphatic rings. The highest BCUT2D eigenvalue weighted by Gasteiger charge is 2.47. The van der Waals surface area contributed by atoms with E-state index in [-0.39, 0.29) is 17.9 Å². The minimum Gasteiger partial charge on any atom is -0.507 e. The van der Waals surface area contributed by atoms with Gasteiger partial charge < -0.3 is 23.9 Å². The third kappa shape index (κ3) is 3.71. The van der Waals surface area contributed by atoms with Gasteiger partial charge in [0.05, 0.1) is 19.8 Å². The summed E-state index contributed by atoms with van der Waals surface area (Å²) in [6.45, 7) is 1.90. The van der Waals surface area contributed by atoms with Gasteiger partial charge in [0.1, 0.15) is 23.3 Å². The highest BCUT2D eigenvalue weighted by atomic mass is 16.5. The molecule has 1 unspecified atom stereocenters. The van der Waals surface area contributed by atoms with E-state index in [9.17, 15) is 14.7 Å². The lowest BCUT2D eigenvalue weighted by Crippen LogP contribution is -2.29. The fraction of sp³-hybridized carbons (Fsp3) is 0.208. The Labute approximate surface area is 184 Å². The Balaban J connectivity index is 1.85. The Bertz CT molecular complexity index is 1200. The molecule has 32 heavy (non-hydrogen) atoms. The van der Waals surface area contributed by atoms with E-state index in [1.165, 1.54) is 19.1 Å². The number of likely N-dealkylation sites (tertiary alicyclic amines) is 1.